The standard InChI is InChI=1S/C20H28N2/c1-6-16-8-11-22-19(13-16)20(4,5)10-7-18-14-17(15(2)3)9-12-21-18/h8-9,11-15H,6-7,10H2,1-5H3. The summed E-state index contributed by atoms with van der Waals surface area (Å²) in [5, 5.41) is 0. The molecule has 0 radical (unpaired) electrons. The lowest BCUT2D eigenvalue weighted by molar-refractivity contribution is 0.462. The van der Waals surface area contributed by atoms with Crippen molar-refractivity contribution in [3.8, 4) is 0 Å². The molecule has 2 rings (SSSR count). The molecule has 0 saturated carbocycles. The van der Waals surface area contributed by atoms with Gasteiger partial charge in [-0.15, -0.1) is 0 Å². The molecule has 0 aromatic carbocycles. The van der Waals surface area contributed by atoms with E-state index in [1.54, 1.807) is 0 Å². The minimum atomic E-state index is 0.0701. The summed E-state index contributed by atoms with van der Waals surface area (Å²) in [4.78, 5) is 9.13. The Hall–Kier alpha value is -1.70. The maximum Gasteiger partial charge on any atom is 0.0462 e. The van der Waals surface area contributed by atoms with Gasteiger partial charge in [-0.1, -0.05) is 34.6 Å². The number of aromatic nitrogens is 2. The summed E-state index contributed by atoms with van der Waals surface area (Å²) in [6.07, 6.45) is 6.98. The van der Waals surface area contributed by atoms with Crippen molar-refractivity contribution in [2.45, 2.75) is 65.2 Å². The summed E-state index contributed by atoms with van der Waals surface area (Å²) < 4.78 is 0. The van der Waals surface area contributed by atoms with Gasteiger partial charge in [0.2, 0.25) is 0 Å². The van der Waals surface area contributed by atoms with Gasteiger partial charge < -0.3 is 0 Å². The number of pyridine rings is 2. The van der Waals surface area contributed by atoms with Crippen LogP contribution in [0.1, 0.15) is 69.5 Å². The van der Waals surface area contributed by atoms with Crippen LogP contribution in [-0.4, -0.2) is 9.97 Å². The average Bonchev–Trinajstić information content (AvgIpc) is 2.53. The fourth-order valence-corrected chi connectivity index (χ4v) is 2.63. The zero-order valence-electron chi connectivity index (χ0n) is 14.6. The lowest BCUT2D eigenvalue weighted by atomic mass is 9.82. The summed E-state index contributed by atoms with van der Waals surface area (Å²) in [7, 11) is 0. The van der Waals surface area contributed by atoms with Crippen LogP contribution in [-0.2, 0) is 18.3 Å². The van der Waals surface area contributed by atoms with Crippen LogP contribution in [0.25, 0.3) is 0 Å². The predicted octanol–water partition coefficient (Wildman–Crippen LogP) is 5.07. The molecule has 0 atom stereocenters. The van der Waals surface area contributed by atoms with E-state index in [1.807, 2.05) is 12.4 Å². The van der Waals surface area contributed by atoms with Crippen molar-refractivity contribution < 1.29 is 0 Å². The first-order valence-electron chi connectivity index (χ1n) is 8.32. The first-order valence-corrected chi connectivity index (χ1v) is 8.32. The summed E-state index contributed by atoms with van der Waals surface area (Å²) in [6, 6.07) is 8.72. The molecule has 2 heterocycles. The average molecular weight is 296 g/mol. The molecule has 0 saturated heterocycles. The van der Waals surface area contributed by atoms with Gasteiger partial charge in [0, 0.05) is 29.2 Å². The molecule has 0 bridgehead atoms. The first-order chi connectivity index (χ1) is 10.4. The molecule has 0 fully saturated rings. The van der Waals surface area contributed by atoms with Crippen molar-refractivity contribution >= 4 is 0 Å². The topological polar surface area (TPSA) is 25.8 Å². The van der Waals surface area contributed by atoms with Crippen molar-refractivity contribution in [3.05, 3.63) is 59.2 Å². The van der Waals surface area contributed by atoms with Crippen LogP contribution in [0.4, 0.5) is 0 Å². The van der Waals surface area contributed by atoms with E-state index in [-0.39, 0.29) is 5.41 Å². The smallest absolute Gasteiger partial charge is 0.0462 e. The molecular weight excluding hydrogens is 268 g/mol. The number of hydrogen-bond acceptors (Lipinski definition) is 2. The van der Waals surface area contributed by atoms with E-state index in [0.717, 1.165) is 19.3 Å². The monoisotopic (exact) mass is 296 g/mol. The molecule has 0 amide bonds. The van der Waals surface area contributed by atoms with Gasteiger partial charge in [0.25, 0.3) is 0 Å². The van der Waals surface area contributed by atoms with Crippen molar-refractivity contribution in [3.63, 3.8) is 0 Å². The maximum atomic E-state index is 4.60. The third-order valence-electron chi connectivity index (χ3n) is 4.44. The minimum Gasteiger partial charge on any atom is -0.261 e. The Balaban J connectivity index is 2.10. The second-order valence-electron chi connectivity index (χ2n) is 7.02. The molecule has 2 aromatic rings. The Kier molecular flexibility index (Phi) is 5.33. The molecule has 2 nitrogen and oxygen atoms in total. The van der Waals surface area contributed by atoms with Crippen LogP contribution in [0.15, 0.2) is 36.7 Å². The minimum absolute atomic E-state index is 0.0701. The lowest BCUT2D eigenvalue weighted by Crippen LogP contribution is -2.20. The van der Waals surface area contributed by atoms with Crippen LogP contribution in [0.3, 0.4) is 0 Å². The zero-order chi connectivity index (χ0) is 16.2. The number of rotatable bonds is 6. The second kappa shape index (κ2) is 7.04. The summed E-state index contributed by atoms with van der Waals surface area (Å²) in [5.41, 5.74) is 5.17. The van der Waals surface area contributed by atoms with Crippen LogP contribution in [0.5, 0.6) is 0 Å². The van der Waals surface area contributed by atoms with E-state index in [1.165, 1.54) is 22.5 Å². The Morgan fingerprint density at radius 1 is 1.05 bits per heavy atom. The van der Waals surface area contributed by atoms with Gasteiger partial charge >= 0.3 is 0 Å². The molecule has 0 aliphatic rings. The highest BCUT2D eigenvalue weighted by atomic mass is 14.7. The van der Waals surface area contributed by atoms with Gasteiger partial charge in [0.1, 0.15) is 0 Å². The fraction of sp³-hybridized carbons (Fsp3) is 0.500. The van der Waals surface area contributed by atoms with E-state index < -0.39 is 0 Å². The van der Waals surface area contributed by atoms with Gasteiger partial charge in [-0.25, -0.2) is 0 Å². The highest BCUT2D eigenvalue weighted by Gasteiger charge is 2.22. The van der Waals surface area contributed by atoms with E-state index in [4.69, 9.17) is 0 Å². The van der Waals surface area contributed by atoms with Crippen molar-refractivity contribution in [2.75, 3.05) is 0 Å². The fourth-order valence-electron chi connectivity index (χ4n) is 2.63. The molecule has 22 heavy (non-hydrogen) atoms. The largest absolute Gasteiger partial charge is 0.261 e. The Bertz CT molecular complexity index is 615. The molecule has 2 aromatic heterocycles. The third-order valence-corrected chi connectivity index (χ3v) is 4.44. The van der Waals surface area contributed by atoms with Gasteiger partial charge in [0.05, 0.1) is 0 Å². The molecule has 0 unspecified atom stereocenters. The van der Waals surface area contributed by atoms with E-state index in [2.05, 4.69) is 68.9 Å². The first kappa shape index (κ1) is 16.7. The maximum absolute atomic E-state index is 4.60. The SMILES string of the molecule is CCc1ccnc(C(C)(C)CCc2cc(C(C)C)ccn2)c1. The lowest BCUT2D eigenvalue weighted by Gasteiger charge is -2.24. The summed E-state index contributed by atoms with van der Waals surface area (Å²) in [6.45, 7) is 11.2. The molecule has 118 valence electrons. The normalized spacial score (nSPS) is 11.9. The molecule has 2 heteroatoms. The second-order valence-corrected chi connectivity index (χ2v) is 7.02. The highest BCUT2D eigenvalue weighted by Crippen LogP contribution is 2.28. The van der Waals surface area contributed by atoms with Crippen LogP contribution >= 0.6 is 0 Å². The Morgan fingerprint density at radius 3 is 2.45 bits per heavy atom. The zero-order valence-corrected chi connectivity index (χ0v) is 14.6. The summed E-state index contributed by atoms with van der Waals surface area (Å²) in [5.74, 6) is 0.553. The molecule has 0 spiro atoms. The van der Waals surface area contributed by atoms with Gasteiger partial charge in [-0.05, 0) is 60.6 Å². The van der Waals surface area contributed by atoms with E-state index in [9.17, 15) is 0 Å². The van der Waals surface area contributed by atoms with Gasteiger partial charge in [-0.2, -0.15) is 0 Å². The van der Waals surface area contributed by atoms with Crippen LogP contribution in [0, 0.1) is 0 Å². The van der Waals surface area contributed by atoms with E-state index >= 15 is 0 Å². The van der Waals surface area contributed by atoms with Crippen molar-refractivity contribution in [1.29, 1.82) is 0 Å². The predicted molar refractivity (Wildman–Crippen MR) is 93.3 cm³/mol. The van der Waals surface area contributed by atoms with Crippen molar-refractivity contribution in [2.24, 2.45) is 0 Å². The molecule has 0 aliphatic carbocycles. The Morgan fingerprint density at radius 2 is 1.77 bits per heavy atom. The Labute approximate surface area is 135 Å². The molecule has 0 aliphatic heterocycles. The van der Waals surface area contributed by atoms with Gasteiger partial charge in [-0.3, -0.25) is 9.97 Å². The van der Waals surface area contributed by atoms with Crippen molar-refractivity contribution in [1.82, 2.24) is 9.97 Å². The quantitative estimate of drug-likeness (QED) is 0.743. The highest BCUT2D eigenvalue weighted by molar-refractivity contribution is 5.23. The van der Waals surface area contributed by atoms with Gasteiger partial charge in [0.15, 0.2) is 0 Å². The summed E-state index contributed by atoms with van der Waals surface area (Å²) >= 11 is 0. The van der Waals surface area contributed by atoms with Crippen LogP contribution < -0.4 is 0 Å². The number of aryl methyl sites for hydroxylation is 2. The molecular formula is C20H28N2. The third kappa shape index (κ3) is 4.16. The number of nitrogens with zero attached hydrogens (tertiary/aromatic N) is 2. The van der Waals surface area contributed by atoms with Crippen LogP contribution in [0.2, 0.25) is 0 Å². The molecule has 0 N–H and O–H groups in total. The van der Waals surface area contributed by atoms with E-state index in [0.29, 0.717) is 5.92 Å². The number of hydrogen-bond donors (Lipinski definition) is 0.